The van der Waals surface area contributed by atoms with E-state index in [0.717, 1.165) is 31.6 Å². The molecule has 3 heterocycles. The highest BCUT2D eigenvalue weighted by Gasteiger charge is 2.41. The number of aliphatic hydroxyl groups is 1. The lowest BCUT2D eigenvalue weighted by molar-refractivity contribution is 0.0171. The van der Waals surface area contributed by atoms with E-state index in [2.05, 4.69) is 30.0 Å². The standard InChI is InChI=1S/C17H23NO2/c1-11-2-5-17-12(6-11)7-16(20-17)10-18-13-3-4-14(18)9-15(19)8-13/h2,5-6,13-16,19H,3-4,7-10H2,1H3. The zero-order chi connectivity index (χ0) is 13.7. The first-order valence-electron chi connectivity index (χ1n) is 7.89. The van der Waals surface area contributed by atoms with Gasteiger partial charge in [0.25, 0.3) is 0 Å². The Morgan fingerprint density at radius 1 is 1.25 bits per heavy atom. The lowest BCUT2D eigenvalue weighted by Crippen LogP contribution is -2.48. The van der Waals surface area contributed by atoms with Gasteiger partial charge in [0.05, 0.1) is 6.10 Å². The third-order valence-electron chi connectivity index (χ3n) is 5.23. The van der Waals surface area contributed by atoms with E-state index in [9.17, 15) is 5.11 Å². The molecule has 3 nitrogen and oxygen atoms in total. The van der Waals surface area contributed by atoms with Crippen molar-refractivity contribution in [3.63, 3.8) is 0 Å². The third kappa shape index (κ3) is 2.13. The largest absolute Gasteiger partial charge is 0.488 e. The van der Waals surface area contributed by atoms with Gasteiger partial charge in [-0.15, -0.1) is 0 Å². The molecule has 1 aromatic carbocycles. The van der Waals surface area contributed by atoms with Gasteiger partial charge in [-0.1, -0.05) is 17.7 Å². The predicted molar refractivity (Wildman–Crippen MR) is 78.1 cm³/mol. The highest BCUT2D eigenvalue weighted by atomic mass is 16.5. The van der Waals surface area contributed by atoms with E-state index < -0.39 is 0 Å². The molecule has 1 N–H and O–H groups in total. The van der Waals surface area contributed by atoms with Gasteiger partial charge in [0.15, 0.2) is 0 Å². The highest BCUT2D eigenvalue weighted by Crippen LogP contribution is 2.37. The summed E-state index contributed by atoms with van der Waals surface area (Å²) in [5.41, 5.74) is 2.67. The molecule has 0 aromatic heterocycles. The van der Waals surface area contributed by atoms with E-state index in [0.29, 0.717) is 18.2 Å². The van der Waals surface area contributed by atoms with Crippen molar-refractivity contribution in [1.29, 1.82) is 0 Å². The van der Waals surface area contributed by atoms with Crippen molar-refractivity contribution in [2.45, 2.75) is 63.3 Å². The minimum Gasteiger partial charge on any atom is -0.488 e. The summed E-state index contributed by atoms with van der Waals surface area (Å²) < 4.78 is 6.11. The van der Waals surface area contributed by atoms with Gasteiger partial charge in [0, 0.05) is 25.0 Å². The van der Waals surface area contributed by atoms with Crippen LogP contribution in [-0.4, -0.2) is 40.8 Å². The summed E-state index contributed by atoms with van der Waals surface area (Å²) in [4.78, 5) is 2.61. The number of hydrogen-bond donors (Lipinski definition) is 1. The Morgan fingerprint density at radius 2 is 2.00 bits per heavy atom. The number of hydrogen-bond acceptors (Lipinski definition) is 3. The van der Waals surface area contributed by atoms with E-state index in [-0.39, 0.29) is 6.10 Å². The van der Waals surface area contributed by atoms with Crippen molar-refractivity contribution >= 4 is 0 Å². The Bertz CT molecular complexity index is 502. The molecular weight excluding hydrogens is 250 g/mol. The highest BCUT2D eigenvalue weighted by molar-refractivity contribution is 5.40. The van der Waals surface area contributed by atoms with Crippen LogP contribution in [0.4, 0.5) is 0 Å². The van der Waals surface area contributed by atoms with Crippen LogP contribution in [0, 0.1) is 6.92 Å². The summed E-state index contributed by atoms with van der Waals surface area (Å²) in [6.07, 6.45) is 5.67. The summed E-state index contributed by atoms with van der Waals surface area (Å²) in [6, 6.07) is 7.65. The molecule has 3 unspecified atom stereocenters. The molecule has 3 aliphatic heterocycles. The molecule has 0 saturated carbocycles. The first kappa shape index (κ1) is 12.7. The molecule has 4 rings (SSSR count). The second-order valence-corrected chi connectivity index (χ2v) is 6.76. The number of aryl methyl sites for hydroxylation is 1. The van der Waals surface area contributed by atoms with Gasteiger partial charge in [0.2, 0.25) is 0 Å². The van der Waals surface area contributed by atoms with Gasteiger partial charge in [-0.25, -0.2) is 0 Å². The van der Waals surface area contributed by atoms with E-state index in [1.807, 2.05) is 0 Å². The maximum Gasteiger partial charge on any atom is 0.123 e. The number of nitrogens with zero attached hydrogens (tertiary/aromatic N) is 1. The van der Waals surface area contributed by atoms with Crippen LogP contribution in [0.3, 0.4) is 0 Å². The minimum absolute atomic E-state index is 0.0758. The summed E-state index contributed by atoms with van der Waals surface area (Å²) in [6.45, 7) is 3.16. The number of aliphatic hydroxyl groups excluding tert-OH is 1. The Hall–Kier alpha value is -1.06. The zero-order valence-electron chi connectivity index (χ0n) is 12.1. The maximum absolute atomic E-state index is 9.88. The van der Waals surface area contributed by atoms with Gasteiger partial charge in [0.1, 0.15) is 11.9 Å². The van der Waals surface area contributed by atoms with Gasteiger partial charge in [-0.3, -0.25) is 4.90 Å². The second-order valence-electron chi connectivity index (χ2n) is 6.76. The first-order chi connectivity index (χ1) is 9.69. The zero-order valence-corrected chi connectivity index (χ0v) is 12.1. The average molecular weight is 273 g/mol. The Balaban J connectivity index is 1.44. The maximum atomic E-state index is 9.88. The van der Waals surface area contributed by atoms with Crippen LogP contribution in [-0.2, 0) is 6.42 Å². The summed E-state index contributed by atoms with van der Waals surface area (Å²) >= 11 is 0. The monoisotopic (exact) mass is 273 g/mol. The molecule has 2 fully saturated rings. The summed E-state index contributed by atoms with van der Waals surface area (Å²) in [7, 11) is 0. The SMILES string of the molecule is Cc1ccc2c(c1)CC(CN1C3CCC1CC(O)C3)O2. The molecule has 20 heavy (non-hydrogen) atoms. The van der Waals surface area contributed by atoms with Crippen molar-refractivity contribution in [2.24, 2.45) is 0 Å². The van der Waals surface area contributed by atoms with Crippen LogP contribution < -0.4 is 4.74 Å². The van der Waals surface area contributed by atoms with Crippen LogP contribution in [0.15, 0.2) is 18.2 Å². The van der Waals surface area contributed by atoms with Crippen molar-refractivity contribution in [3.8, 4) is 5.75 Å². The number of fused-ring (bicyclic) bond motifs is 3. The van der Waals surface area contributed by atoms with E-state index in [1.165, 1.54) is 24.0 Å². The number of ether oxygens (including phenoxy) is 1. The topological polar surface area (TPSA) is 32.7 Å². The molecule has 0 aliphatic carbocycles. The van der Waals surface area contributed by atoms with Gasteiger partial charge in [-0.2, -0.15) is 0 Å². The predicted octanol–water partition coefficient (Wildman–Crippen LogP) is 2.29. The molecular formula is C17H23NO2. The first-order valence-corrected chi connectivity index (χ1v) is 7.89. The molecule has 0 spiro atoms. The molecule has 2 bridgehead atoms. The van der Waals surface area contributed by atoms with Crippen molar-refractivity contribution in [2.75, 3.05) is 6.54 Å². The molecule has 2 saturated heterocycles. The van der Waals surface area contributed by atoms with E-state index >= 15 is 0 Å². The third-order valence-corrected chi connectivity index (χ3v) is 5.23. The normalized spacial score (nSPS) is 35.9. The molecule has 3 heteroatoms. The summed E-state index contributed by atoms with van der Waals surface area (Å²) in [5, 5.41) is 9.88. The fraction of sp³-hybridized carbons (Fsp3) is 0.647. The minimum atomic E-state index is -0.0758. The van der Waals surface area contributed by atoms with Crippen LogP contribution >= 0.6 is 0 Å². The molecule has 108 valence electrons. The van der Waals surface area contributed by atoms with Gasteiger partial charge >= 0.3 is 0 Å². The summed E-state index contributed by atoms with van der Waals surface area (Å²) in [5.74, 6) is 1.07. The van der Waals surface area contributed by atoms with Crippen molar-refractivity contribution in [3.05, 3.63) is 29.3 Å². The lowest BCUT2D eigenvalue weighted by atomic mass is 9.99. The quantitative estimate of drug-likeness (QED) is 0.897. The van der Waals surface area contributed by atoms with Crippen LogP contribution in [0.1, 0.15) is 36.8 Å². The Morgan fingerprint density at radius 3 is 2.75 bits per heavy atom. The fourth-order valence-electron chi connectivity index (χ4n) is 4.33. The van der Waals surface area contributed by atoms with E-state index in [4.69, 9.17) is 4.74 Å². The number of benzene rings is 1. The molecule has 1 aromatic rings. The Labute approximate surface area is 120 Å². The van der Waals surface area contributed by atoms with E-state index in [1.54, 1.807) is 0 Å². The fourth-order valence-corrected chi connectivity index (χ4v) is 4.33. The van der Waals surface area contributed by atoms with Crippen LogP contribution in [0.25, 0.3) is 0 Å². The van der Waals surface area contributed by atoms with Gasteiger partial charge < -0.3 is 9.84 Å². The molecule has 3 aliphatic rings. The van der Waals surface area contributed by atoms with Crippen LogP contribution in [0.2, 0.25) is 0 Å². The number of piperidine rings is 1. The van der Waals surface area contributed by atoms with Gasteiger partial charge in [-0.05, 0) is 44.2 Å². The average Bonchev–Trinajstić information content (AvgIpc) is 2.89. The molecule has 0 amide bonds. The lowest BCUT2D eigenvalue weighted by Gasteiger charge is -2.38. The second kappa shape index (κ2) is 4.74. The number of rotatable bonds is 2. The smallest absolute Gasteiger partial charge is 0.123 e. The molecule has 0 radical (unpaired) electrons. The van der Waals surface area contributed by atoms with Crippen molar-refractivity contribution < 1.29 is 9.84 Å². The van der Waals surface area contributed by atoms with Crippen LogP contribution in [0.5, 0.6) is 5.75 Å². The Kier molecular flexibility index (Phi) is 3.00. The molecule has 3 atom stereocenters. The van der Waals surface area contributed by atoms with Crippen molar-refractivity contribution in [1.82, 2.24) is 4.90 Å².